The van der Waals surface area contributed by atoms with Gasteiger partial charge < -0.3 is 10.2 Å². The molecule has 2 amide bonds. The molecule has 162 valence electrons. The third kappa shape index (κ3) is 6.97. The Morgan fingerprint density at radius 3 is 2.13 bits per heavy atom. The van der Waals surface area contributed by atoms with Crippen molar-refractivity contribution in [3.8, 4) is 0 Å². The van der Waals surface area contributed by atoms with E-state index in [9.17, 15) is 14.0 Å². The average Bonchev–Trinajstić information content (AvgIpc) is 2.75. The van der Waals surface area contributed by atoms with E-state index in [1.54, 1.807) is 24.0 Å². The number of aryl methyl sites for hydroxylation is 1. The molecule has 0 aliphatic rings. The number of hydrogen-bond donors (Lipinski definition) is 1. The molecule has 2 rings (SSSR count). The first kappa shape index (κ1) is 23.6. The van der Waals surface area contributed by atoms with Crippen LogP contribution in [0.4, 0.5) is 4.39 Å². The number of benzene rings is 2. The number of rotatable bonds is 10. The van der Waals surface area contributed by atoms with Gasteiger partial charge in [0.2, 0.25) is 11.8 Å². The van der Waals surface area contributed by atoms with Gasteiger partial charge >= 0.3 is 0 Å². The lowest BCUT2D eigenvalue weighted by Gasteiger charge is -2.29. The summed E-state index contributed by atoms with van der Waals surface area (Å²) in [5, 5.41) is 2.86. The van der Waals surface area contributed by atoms with E-state index in [-0.39, 0.29) is 24.2 Å². The predicted molar refractivity (Wildman–Crippen MR) is 119 cm³/mol. The van der Waals surface area contributed by atoms with Gasteiger partial charge in [0.15, 0.2) is 0 Å². The summed E-state index contributed by atoms with van der Waals surface area (Å²) in [6.07, 6.45) is 1.75. The van der Waals surface area contributed by atoms with E-state index in [0.717, 1.165) is 17.5 Å². The van der Waals surface area contributed by atoms with Crippen LogP contribution in [-0.4, -0.2) is 29.3 Å². The van der Waals surface area contributed by atoms with Crippen molar-refractivity contribution in [3.05, 3.63) is 71.0 Å². The van der Waals surface area contributed by atoms with Gasteiger partial charge in [-0.25, -0.2) is 4.39 Å². The van der Waals surface area contributed by atoms with E-state index in [1.807, 2.05) is 6.92 Å². The molecular weight excluding hydrogens is 379 g/mol. The summed E-state index contributed by atoms with van der Waals surface area (Å²) in [6, 6.07) is 13.8. The molecule has 0 bridgehead atoms. The van der Waals surface area contributed by atoms with Crippen LogP contribution in [0.1, 0.15) is 63.1 Å². The standard InChI is InChI=1S/C25H33FN2O2/c1-5-16-27-25(30)19(4)28(17-21-8-13-23(26)14-9-21)24(29)15-10-20-6-11-22(12-7-20)18(2)3/h6-9,11-14,18-19H,5,10,15-17H2,1-4H3,(H,27,30). The van der Waals surface area contributed by atoms with Gasteiger partial charge in [0.1, 0.15) is 11.9 Å². The van der Waals surface area contributed by atoms with Gasteiger partial charge in [0.25, 0.3) is 0 Å². The number of nitrogens with zero attached hydrogens (tertiary/aromatic N) is 1. The summed E-state index contributed by atoms with van der Waals surface area (Å²) in [4.78, 5) is 27.1. The number of carbonyl (C=O) groups excluding carboxylic acids is 2. The van der Waals surface area contributed by atoms with Crippen molar-refractivity contribution in [2.75, 3.05) is 6.54 Å². The minimum atomic E-state index is -0.600. The van der Waals surface area contributed by atoms with E-state index in [1.165, 1.54) is 17.7 Å². The largest absolute Gasteiger partial charge is 0.354 e. The zero-order chi connectivity index (χ0) is 22.1. The zero-order valence-corrected chi connectivity index (χ0v) is 18.5. The Morgan fingerprint density at radius 1 is 0.967 bits per heavy atom. The first-order valence-corrected chi connectivity index (χ1v) is 10.7. The molecule has 0 fully saturated rings. The Hall–Kier alpha value is -2.69. The molecule has 1 unspecified atom stereocenters. The number of nitrogens with one attached hydrogen (secondary N) is 1. The summed E-state index contributed by atoms with van der Waals surface area (Å²) >= 11 is 0. The summed E-state index contributed by atoms with van der Waals surface area (Å²) in [6.45, 7) is 8.87. The second-order valence-electron chi connectivity index (χ2n) is 8.01. The fraction of sp³-hybridized carbons (Fsp3) is 0.440. The lowest BCUT2D eigenvalue weighted by Crippen LogP contribution is -2.47. The summed E-state index contributed by atoms with van der Waals surface area (Å²) in [7, 11) is 0. The average molecular weight is 413 g/mol. The molecule has 1 N–H and O–H groups in total. The molecular formula is C25H33FN2O2. The molecule has 2 aromatic carbocycles. The van der Waals surface area contributed by atoms with E-state index in [0.29, 0.717) is 25.3 Å². The van der Waals surface area contributed by atoms with Crippen molar-refractivity contribution < 1.29 is 14.0 Å². The number of carbonyl (C=O) groups is 2. The molecule has 0 saturated heterocycles. The molecule has 0 saturated carbocycles. The zero-order valence-electron chi connectivity index (χ0n) is 18.5. The first-order valence-electron chi connectivity index (χ1n) is 10.7. The summed E-state index contributed by atoms with van der Waals surface area (Å²) < 4.78 is 13.3. The maximum atomic E-state index is 13.3. The van der Waals surface area contributed by atoms with Crippen molar-refractivity contribution in [1.82, 2.24) is 10.2 Å². The molecule has 30 heavy (non-hydrogen) atoms. The smallest absolute Gasteiger partial charge is 0.242 e. The summed E-state index contributed by atoms with van der Waals surface area (Å²) in [5.74, 6) is -0.121. The maximum absolute atomic E-state index is 13.3. The molecule has 0 aliphatic carbocycles. The Morgan fingerprint density at radius 2 is 1.57 bits per heavy atom. The Balaban J connectivity index is 2.09. The monoisotopic (exact) mass is 412 g/mol. The van der Waals surface area contributed by atoms with Crippen LogP contribution in [0.5, 0.6) is 0 Å². The van der Waals surface area contributed by atoms with Crippen LogP contribution in [0.15, 0.2) is 48.5 Å². The second kappa shape index (κ2) is 11.5. The van der Waals surface area contributed by atoms with Crippen molar-refractivity contribution in [2.24, 2.45) is 0 Å². The van der Waals surface area contributed by atoms with Crippen LogP contribution in [0.2, 0.25) is 0 Å². The number of amides is 2. The van der Waals surface area contributed by atoms with Crippen LogP contribution >= 0.6 is 0 Å². The third-order valence-electron chi connectivity index (χ3n) is 5.26. The van der Waals surface area contributed by atoms with E-state index in [2.05, 4.69) is 43.4 Å². The molecule has 0 aliphatic heterocycles. The van der Waals surface area contributed by atoms with Crippen molar-refractivity contribution in [1.29, 1.82) is 0 Å². The molecule has 2 aromatic rings. The fourth-order valence-electron chi connectivity index (χ4n) is 3.23. The fourth-order valence-corrected chi connectivity index (χ4v) is 3.23. The van der Waals surface area contributed by atoms with Gasteiger partial charge in [-0.15, -0.1) is 0 Å². The molecule has 4 nitrogen and oxygen atoms in total. The quantitative estimate of drug-likeness (QED) is 0.608. The highest BCUT2D eigenvalue weighted by Gasteiger charge is 2.25. The first-order chi connectivity index (χ1) is 14.3. The van der Waals surface area contributed by atoms with E-state index >= 15 is 0 Å². The Bertz CT molecular complexity index is 816. The van der Waals surface area contributed by atoms with Crippen LogP contribution in [0.25, 0.3) is 0 Å². The second-order valence-corrected chi connectivity index (χ2v) is 8.01. The van der Waals surface area contributed by atoms with Gasteiger partial charge in [0.05, 0.1) is 0 Å². The Kier molecular flexibility index (Phi) is 9.03. The molecule has 5 heteroatoms. The van der Waals surface area contributed by atoms with Crippen LogP contribution < -0.4 is 5.32 Å². The van der Waals surface area contributed by atoms with Crippen LogP contribution in [0, 0.1) is 5.82 Å². The maximum Gasteiger partial charge on any atom is 0.242 e. The van der Waals surface area contributed by atoms with Gasteiger partial charge in [-0.3, -0.25) is 9.59 Å². The van der Waals surface area contributed by atoms with Crippen molar-refractivity contribution in [3.63, 3.8) is 0 Å². The van der Waals surface area contributed by atoms with Crippen molar-refractivity contribution >= 4 is 11.8 Å². The number of hydrogen-bond acceptors (Lipinski definition) is 2. The highest BCUT2D eigenvalue weighted by Crippen LogP contribution is 2.17. The highest BCUT2D eigenvalue weighted by atomic mass is 19.1. The normalized spacial score (nSPS) is 11.9. The predicted octanol–water partition coefficient (Wildman–Crippen LogP) is 4.83. The summed E-state index contributed by atoms with van der Waals surface area (Å²) in [5.41, 5.74) is 3.16. The third-order valence-corrected chi connectivity index (χ3v) is 5.26. The minimum Gasteiger partial charge on any atom is -0.354 e. The molecule has 0 heterocycles. The molecule has 0 radical (unpaired) electrons. The lowest BCUT2D eigenvalue weighted by molar-refractivity contribution is -0.140. The minimum absolute atomic E-state index is 0.0913. The van der Waals surface area contributed by atoms with Crippen LogP contribution in [-0.2, 0) is 22.6 Å². The van der Waals surface area contributed by atoms with Gasteiger partial charge in [0, 0.05) is 19.5 Å². The van der Waals surface area contributed by atoms with E-state index in [4.69, 9.17) is 0 Å². The SMILES string of the molecule is CCCNC(=O)C(C)N(Cc1ccc(F)cc1)C(=O)CCc1ccc(C(C)C)cc1. The highest BCUT2D eigenvalue weighted by molar-refractivity contribution is 5.87. The number of halogens is 1. The van der Waals surface area contributed by atoms with Crippen LogP contribution in [0.3, 0.4) is 0 Å². The van der Waals surface area contributed by atoms with Gasteiger partial charge in [-0.1, -0.05) is 57.2 Å². The topological polar surface area (TPSA) is 49.4 Å². The molecule has 0 spiro atoms. The van der Waals surface area contributed by atoms with Crippen molar-refractivity contribution in [2.45, 2.75) is 65.5 Å². The van der Waals surface area contributed by atoms with Gasteiger partial charge in [-0.05, 0) is 54.5 Å². The van der Waals surface area contributed by atoms with E-state index < -0.39 is 6.04 Å². The molecule has 1 atom stereocenters. The lowest BCUT2D eigenvalue weighted by atomic mass is 10.00. The molecule has 0 aromatic heterocycles. The van der Waals surface area contributed by atoms with Gasteiger partial charge in [-0.2, -0.15) is 0 Å². The Labute approximate surface area is 179 Å².